The van der Waals surface area contributed by atoms with Crippen LogP contribution in [0.2, 0.25) is 0 Å². The molecule has 1 nitrogen and oxygen atoms in total. The molecule has 5 heteroatoms. The van der Waals surface area contributed by atoms with Gasteiger partial charge in [0.25, 0.3) is 0 Å². The number of halogens is 3. The van der Waals surface area contributed by atoms with Crippen molar-refractivity contribution >= 4 is 11.8 Å². The number of nitrogens with two attached hydrogens (primary N) is 1. The van der Waals surface area contributed by atoms with E-state index in [4.69, 9.17) is 5.73 Å². The summed E-state index contributed by atoms with van der Waals surface area (Å²) in [7, 11) is 0. The van der Waals surface area contributed by atoms with E-state index in [0.29, 0.717) is 12.3 Å². The average Bonchev–Trinajstić information content (AvgIpc) is 2.27. The Labute approximate surface area is 116 Å². The molecule has 1 rings (SSSR count). The summed E-state index contributed by atoms with van der Waals surface area (Å²) in [6, 6.07) is 5.23. The van der Waals surface area contributed by atoms with Crippen LogP contribution in [0.1, 0.15) is 25.0 Å². The second-order valence-electron chi connectivity index (χ2n) is 5.09. The molecular weight excluding hydrogens is 271 g/mol. The minimum atomic E-state index is -4.27. The fourth-order valence-corrected chi connectivity index (χ4v) is 2.67. The third-order valence-corrected chi connectivity index (χ3v) is 4.13. The van der Waals surface area contributed by atoms with E-state index in [2.05, 4.69) is 13.8 Å². The van der Waals surface area contributed by atoms with E-state index in [1.165, 1.54) is 12.1 Å². The van der Waals surface area contributed by atoms with Crippen LogP contribution in [-0.4, -0.2) is 17.5 Å². The van der Waals surface area contributed by atoms with Crippen LogP contribution in [0.25, 0.3) is 0 Å². The lowest BCUT2D eigenvalue weighted by Crippen LogP contribution is -2.26. The lowest BCUT2D eigenvalue weighted by molar-refractivity contribution is -0.137. The summed E-state index contributed by atoms with van der Waals surface area (Å²) >= 11 is 1.79. The minimum Gasteiger partial charge on any atom is -0.327 e. The summed E-state index contributed by atoms with van der Waals surface area (Å²) in [5.74, 6) is 2.52. The van der Waals surface area contributed by atoms with E-state index in [1.807, 2.05) is 0 Å². The maximum Gasteiger partial charge on any atom is 0.416 e. The van der Waals surface area contributed by atoms with E-state index in [9.17, 15) is 13.2 Å². The van der Waals surface area contributed by atoms with Gasteiger partial charge in [-0.05, 0) is 35.8 Å². The number of alkyl halides is 3. The van der Waals surface area contributed by atoms with Gasteiger partial charge >= 0.3 is 6.18 Å². The molecule has 0 saturated carbocycles. The Morgan fingerprint density at radius 2 is 1.68 bits per heavy atom. The molecule has 1 aromatic carbocycles. The summed E-state index contributed by atoms with van der Waals surface area (Å²) < 4.78 is 37.2. The van der Waals surface area contributed by atoms with Crippen molar-refractivity contribution in [1.29, 1.82) is 0 Å². The smallest absolute Gasteiger partial charge is 0.327 e. The van der Waals surface area contributed by atoms with E-state index < -0.39 is 11.7 Å². The number of hydrogen-bond donors (Lipinski definition) is 1. The lowest BCUT2D eigenvalue weighted by atomic mass is 10.1. The average molecular weight is 291 g/mol. The summed E-state index contributed by atoms with van der Waals surface area (Å²) in [4.78, 5) is 0. The van der Waals surface area contributed by atoms with Crippen LogP contribution in [0.5, 0.6) is 0 Å². The van der Waals surface area contributed by atoms with Gasteiger partial charge in [-0.1, -0.05) is 26.0 Å². The highest BCUT2D eigenvalue weighted by molar-refractivity contribution is 7.99. The molecule has 0 bridgehead atoms. The second-order valence-corrected chi connectivity index (χ2v) is 6.17. The molecule has 0 heterocycles. The molecule has 0 amide bonds. The van der Waals surface area contributed by atoms with Gasteiger partial charge in [0, 0.05) is 11.8 Å². The number of rotatable bonds is 6. The van der Waals surface area contributed by atoms with Crippen molar-refractivity contribution in [3.05, 3.63) is 35.4 Å². The second kappa shape index (κ2) is 7.20. The van der Waals surface area contributed by atoms with Gasteiger partial charge in [0.15, 0.2) is 0 Å². The zero-order chi connectivity index (χ0) is 14.5. The monoisotopic (exact) mass is 291 g/mol. The van der Waals surface area contributed by atoms with Gasteiger partial charge in [-0.3, -0.25) is 0 Å². The SMILES string of the molecule is CC(C)CSCC(N)Cc1ccc(C(F)(F)F)cc1. The Morgan fingerprint density at radius 1 is 1.11 bits per heavy atom. The Hall–Kier alpha value is -0.680. The molecule has 19 heavy (non-hydrogen) atoms. The summed E-state index contributed by atoms with van der Waals surface area (Å²) in [5.41, 5.74) is 6.21. The molecule has 0 spiro atoms. The predicted molar refractivity (Wildman–Crippen MR) is 75.3 cm³/mol. The van der Waals surface area contributed by atoms with Gasteiger partial charge in [0.2, 0.25) is 0 Å². The zero-order valence-electron chi connectivity index (χ0n) is 11.2. The van der Waals surface area contributed by atoms with Crippen LogP contribution < -0.4 is 5.73 Å². The summed E-state index contributed by atoms with van der Waals surface area (Å²) in [6.45, 7) is 4.29. The van der Waals surface area contributed by atoms with E-state index in [1.54, 1.807) is 11.8 Å². The third-order valence-electron chi connectivity index (χ3n) is 2.56. The fourth-order valence-electron chi connectivity index (χ4n) is 1.65. The standard InChI is InChI=1S/C14H20F3NS/c1-10(2)8-19-9-13(18)7-11-3-5-12(6-4-11)14(15,16)17/h3-6,10,13H,7-9,18H2,1-2H3. The molecule has 0 aliphatic carbocycles. The van der Waals surface area contributed by atoms with Crippen LogP contribution >= 0.6 is 11.8 Å². The number of hydrogen-bond acceptors (Lipinski definition) is 2. The van der Waals surface area contributed by atoms with E-state index >= 15 is 0 Å². The quantitative estimate of drug-likeness (QED) is 0.858. The van der Waals surface area contributed by atoms with Crippen LogP contribution in [0, 0.1) is 5.92 Å². The Balaban J connectivity index is 2.44. The van der Waals surface area contributed by atoms with Gasteiger partial charge in [-0.15, -0.1) is 0 Å². The van der Waals surface area contributed by atoms with E-state index in [0.717, 1.165) is 29.2 Å². The van der Waals surface area contributed by atoms with Gasteiger partial charge in [-0.2, -0.15) is 24.9 Å². The largest absolute Gasteiger partial charge is 0.416 e. The van der Waals surface area contributed by atoms with Crippen LogP contribution in [0.4, 0.5) is 13.2 Å². The predicted octanol–water partition coefficient (Wildman–Crippen LogP) is 3.96. The van der Waals surface area contributed by atoms with Crippen LogP contribution in [0.15, 0.2) is 24.3 Å². The highest BCUT2D eigenvalue weighted by Crippen LogP contribution is 2.29. The molecule has 1 atom stereocenters. The molecule has 2 N–H and O–H groups in total. The van der Waals surface area contributed by atoms with Crippen molar-refractivity contribution in [1.82, 2.24) is 0 Å². The lowest BCUT2D eigenvalue weighted by Gasteiger charge is -2.13. The summed E-state index contributed by atoms with van der Waals surface area (Å²) in [5, 5.41) is 0. The van der Waals surface area contributed by atoms with Crippen molar-refractivity contribution in [2.45, 2.75) is 32.5 Å². The van der Waals surface area contributed by atoms with Crippen LogP contribution in [0.3, 0.4) is 0 Å². The molecule has 0 fully saturated rings. The highest BCUT2D eigenvalue weighted by Gasteiger charge is 2.29. The number of benzene rings is 1. The highest BCUT2D eigenvalue weighted by atomic mass is 32.2. The van der Waals surface area contributed by atoms with Gasteiger partial charge in [0.1, 0.15) is 0 Å². The first kappa shape index (κ1) is 16.4. The van der Waals surface area contributed by atoms with Crippen molar-refractivity contribution in [3.63, 3.8) is 0 Å². The third kappa shape index (κ3) is 6.34. The van der Waals surface area contributed by atoms with Crippen molar-refractivity contribution in [3.8, 4) is 0 Å². The topological polar surface area (TPSA) is 26.0 Å². The zero-order valence-corrected chi connectivity index (χ0v) is 12.0. The molecule has 0 aromatic heterocycles. The Kier molecular flexibility index (Phi) is 6.20. The first-order valence-corrected chi connectivity index (χ1v) is 7.44. The van der Waals surface area contributed by atoms with E-state index in [-0.39, 0.29) is 6.04 Å². The molecule has 0 radical (unpaired) electrons. The number of thioether (sulfide) groups is 1. The maximum atomic E-state index is 12.4. The Morgan fingerprint density at radius 3 is 2.16 bits per heavy atom. The normalized spacial score (nSPS) is 13.8. The minimum absolute atomic E-state index is 0.0134. The molecule has 0 aliphatic rings. The first-order valence-electron chi connectivity index (χ1n) is 6.28. The van der Waals surface area contributed by atoms with Crippen molar-refractivity contribution in [2.75, 3.05) is 11.5 Å². The molecule has 108 valence electrons. The molecule has 0 saturated heterocycles. The Bertz CT molecular complexity index is 373. The molecular formula is C14H20F3NS. The first-order chi connectivity index (χ1) is 8.79. The van der Waals surface area contributed by atoms with Gasteiger partial charge in [0.05, 0.1) is 5.56 Å². The maximum absolute atomic E-state index is 12.4. The molecule has 0 aliphatic heterocycles. The van der Waals surface area contributed by atoms with Gasteiger partial charge < -0.3 is 5.73 Å². The van der Waals surface area contributed by atoms with Crippen molar-refractivity contribution in [2.24, 2.45) is 11.7 Å². The van der Waals surface area contributed by atoms with Gasteiger partial charge in [-0.25, -0.2) is 0 Å². The molecule has 1 unspecified atom stereocenters. The summed E-state index contributed by atoms with van der Waals surface area (Å²) in [6.07, 6.45) is -3.66. The molecule has 1 aromatic rings. The fraction of sp³-hybridized carbons (Fsp3) is 0.571. The van der Waals surface area contributed by atoms with Crippen molar-refractivity contribution < 1.29 is 13.2 Å². The van der Waals surface area contributed by atoms with Crippen LogP contribution in [-0.2, 0) is 12.6 Å².